The van der Waals surface area contributed by atoms with Crippen LogP contribution in [0.1, 0.15) is 66.2 Å². The lowest BCUT2D eigenvalue weighted by molar-refractivity contribution is 0.0746. The van der Waals surface area contributed by atoms with Crippen LogP contribution in [0.15, 0.2) is 30.3 Å². The van der Waals surface area contributed by atoms with Gasteiger partial charge in [-0.1, -0.05) is 39.0 Å². The number of hydrogen-bond donors (Lipinski definition) is 0. The average Bonchev–Trinajstić information content (AvgIpc) is 3.20. The number of aromatic nitrogens is 2. The maximum Gasteiger partial charge on any atom is 0.253 e. The quantitative estimate of drug-likeness (QED) is 0.544. The summed E-state index contributed by atoms with van der Waals surface area (Å²) in [6, 6.07) is 9.61. The molecule has 2 atom stereocenters. The van der Waals surface area contributed by atoms with Gasteiger partial charge in [-0.15, -0.1) is 11.3 Å². The van der Waals surface area contributed by atoms with Crippen LogP contribution in [0.25, 0.3) is 10.2 Å². The summed E-state index contributed by atoms with van der Waals surface area (Å²) in [6.07, 6.45) is 4.56. The lowest BCUT2D eigenvalue weighted by Gasteiger charge is -2.36. The van der Waals surface area contributed by atoms with Gasteiger partial charge >= 0.3 is 0 Å². The fourth-order valence-electron chi connectivity index (χ4n) is 4.86. The molecule has 1 fully saturated rings. The first-order chi connectivity index (χ1) is 15.5. The van der Waals surface area contributed by atoms with Crippen molar-refractivity contribution in [2.75, 3.05) is 31.1 Å². The third-order valence-corrected chi connectivity index (χ3v) is 8.24. The first-order valence-electron chi connectivity index (χ1n) is 12.0. The number of fused-ring (bicyclic) bond motifs is 3. The van der Waals surface area contributed by atoms with Crippen molar-refractivity contribution in [3.63, 3.8) is 0 Å². The predicted octanol–water partition coefficient (Wildman–Crippen LogP) is 5.29. The molecule has 1 saturated heterocycles. The van der Waals surface area contributed by atoms with Crippen molar-refractivity contribution in [3.8, 4) is 0 Å². The van der Waals surface area contributed by atoms with Gasteiger partial charge < -0.3 is 9.80 Å². The molecule has 5 nitrogen and oxygen atoms in total. The molecule has 2 aliphatic rings. The Labute approximate surface area is 194 Å². The van der Waals surface area contributed by atoms with E-state index in [0.717, 1.165) is 73.4 Å². The molecule has 168 valence electrons. The van der Waals surface area contributed by atoms with Gasteiger partial charge in [-0.05, 0) is 49.3 Å². The molecule has 0 saturated carbocycles. The maximum absolute atomic E-state index is 12.9. The number of aryl methyl sites for hydroxylation is 1. The number of hydrogen-bond acceptors (Lipinski definition) is 5. The number of thiophene rings is 1. The first kappa shape index (κ1) is 21.4. The lowest BCUT2D eigenvalue weighted by atomic mass is 9.89. The number of nitrogens with zero attached hydrogens (tertiary/aromatic N) is 4. The molecule has 3 aromatic rings. The van der Waals surface area contributed by atoms with Crippen LogP contribution in [-0.2, 0) is 12.8 Å². The summed E-state index contributed by atoms with van der Waals surface area (Å²) in [5.41, 5.74) is 2.25. The van der Waals surface area contributed by atoms with Gasteiger partial charge in [0.05, 0.1) is 5.39 Å². The largest absolute Gasteiger partial charge is 0.352 e. The zero-order valence-electron chi connectivity index (χ0n) is 19.3. The number of benzene rings is 1. The van der Waals surface area contributed by atoms with E-state index in [4.69, 9.17) is 9.97 Å². The summed E-state index contributed by atoms with van der Waals surface area (Å²) >= 11 is 1.88. The molecule has 3 heterocycles. The first-order valence-corrected chi connectivity index (χ1v) is 12.8. The minimum absolute atomic E-state index is 0.125. The highest BCUT2D eigenvalue weighted by Crippen LogP contribution is 2.41. The van der Waals surface area contributed by atoms with E-state index in [1.807, 2.05) is 46.6 Å². The third-order valence-electron chi connectivity index (χ3n) is 7.09. The molecular weight excluding hydrogens is 416 g/mol. The SMILES string of the molecule is CC[C@@H](C)c1nc(N2CCN(C(=O)c3ccccc3)CC2)c2c3c(sc2n1)C[C@@H](C)CC3. The Morgan fingerprint density at radius 3 is 2.62 bits per heavy atom. The summed E-state index contributed by atoms with van der Waals surface area (Å²) in [4.78, 5) is 30.1. The summed E-state index contributed by atoms with van der Waals surface area (Å²) in [6.45, 7) is 9.84. The van der Waals surface area contributed by atoms with E-state index in [1.165, 1.54) is 22.2 Å². The van der Waals surface area contributed by atoms with Crippen molar-refractivity contribution in [3.05, 3.63) is 52.2 Å². The predicted molar refractivity (Wildman–Crippen MR) is 132 cm³/mol. The molecule has 0 spiro atoms. The minimum atomic E-state index is 0.125. The molecule has 0 unspecified atom stereocenters. The molecule has 0 N–H and O–H groups in total. The second kappa shape index (κ2) is 8.81. The summed E-state index contributed by atoms with van der Waals surface area (Å²) in [5.74, 6) is 3.28. The van der Waals surface area contributed by atoms with Crippen LogP contribution in [0.5, 0.6) is 0 Å². The van der Waals surface area contributed by atoms with Crippen molar-refractivity contribution >= 4 is 33.3 Å². The minimum Gasteiger partial charge on any atom is -0.352 e. The molecular formula is C26H32N4OS. The topological polar surface area (TPSA) is 49.3 Å². The third kappa shape index (κ3) is 3.90. The van der Waals surface area contributed by atoms with Crippen molar-refractivity contribution in [1.29, 1.82) is 0 Å². The fraction of sp³-hybridized carbons (Fsp3) is 0.500. The Morgan fingerprint density at radius 2 is 1.91 bits per heavy atom. The van der Waals surface area contributed by atoms with Crippen molar-refractivity contribution in [1.82, 2.24) is 14.9 Å². The van der Waals surface area contributed by atoms with E-state index in [-0.39, 0.29) is 5.91 Å². The number of amides is 1. The van der Waals surface area contributed by atoms with Gasteiger partial charge in [0.15, 0.2) is 0 Å². The molecule has 2 aromatic heterocycles. The van der Waals surface area contributed by atoms with E-state index in [2.05, 4.69) is 25.7 Å². The van der Waals surface area contributed by atoms with Crippen molar-refractivity contribution < 1.29 is 4.79 Å². The smallest absolute Gasteiger partial charge is 0.253 e. The number of anilines is 1. The van der Waals surface area contributed by atoms with E-state index >= 15 is 0 Å². The van der Waals surface area contributed by atoms with Crippen LogP contribution >= 0.6 is 11.3 Å². The summed E-state index contributed by atoms with van der Waals surface area (Å²) in [5, 5.41) is 1.28. The van der Waals surface area contributed by atoms with Gasteiger partial charge in [-0.2, -0.15) is 0 Å². The van der Waals surface area contributed by atoms with Crippen LogP contribution < -0.4 is 4.90 Å². The Bertz CT molecular complexity index is 1120. The molecule has 6 heteroatoms. The molecule has 0 radical (unpaired) electrons. The molecule has 1 amide bonds. The van der Waals surface area contributed by atoms with Crippen molar-refractivity contribution in [2.45, 2.75) is 52.4 Å². The summed E-state index contributed by atoms with van der Waals surface area (Å²) < 4.78 is 0. The van der Waals surface area contributed by atoms with E-state index in [9.17, 15) is 4.79 Å². The van der Waals surface area contributed by atoms with Gasteiger partial charge in [-0.3, -0.25) is 4.79 Å². The van der Waals surface area contributed by atoms with Gasteiger partial charge in [0.25, 0.3) is 5.91 Å². The Kier molecular flexibility index (Phi) is 5.89. The highest BCUT2D eigenvalue weighted by atomic mass is 32.1. The summed E-state index contributed by atoms with van der Waals surface area (Å²) in [7, 11) is 0. The highest BCUT2D eigenvalue weighted by Gasteiger charge is 2.29. The molecule has 5 rings (SSSR count). The second-order valence-corrected chi connectivity index (χ2v) is 10.5. The monoisotopic (exact) mass is 448 g/mol. The fourth-order valence-corrected chi connectivity index (χ4v) is 6.24. The molecule has 32 heavy (non-hydrogen) atoms. The average molecular weight is 449 g/mol. The van der Waals surface area contributed by atoms with Gasteiger partial charge in [0.1, 0.15) is 16.5 Å². The van der Waals surface area contributed by atoms with E-state index in [1.54, 1.807) is 0 Å². The molecule has 0 bridgehead atoms. The van der Waals surface area contributed by atoms with Crippen LogP contribution in [0.2, 0.25) is 0 Å². The molecule has 1 aliphatic heterocycles. The Morgan fingerprint density at radius 1 is 1.16 bits per heavy atom. The number of carbonyl (C=O) groups excluding carboxylic acids is 1. The van der Waals surface area contributed by atoms with Crippen LogP contribution in [-0.4, -0.2) is 47.0 Å². The number of rotatable bonds is 4. The van der Waals surface area contributed by atoms with E-state index in [0.29, 0.717) is 5.92 Å². The zero-order valence-corrected chi connectivity index (χ0v) is 20.1. The zero-order chi connectivity index (χ0) is 22.2. The second-order valence-electron chi connectivity index (χ2n) is 9.39. The van der Waals surface area contributed by atoms with Gasteiger partial charge in [0, 0.05) is 42.5 Å². The maximum atomic E-state index is 12.9. The van der Waals surface area contributed by atoms with Crippen LogP contribution in [0.3, 0.4) is 0 Å². The molecule has 1 aliphatic carbocycles. The van der Waals surface area contributed by atoms with Crippen LogP contribution in [0, 0.1) is 5.92 Å². The van der Waals surface area contributed by atoms with Crippen molar-refractivity contribution in [2.24, 2.45) is 5.92 Å². The highest BCUT2D eigenvalue weighted by molar-refractivity contribution is 7.19. The van der Waals surface area contributed by atoms with Crippen LogP contribution in [0.4, 0.5) is 5.82 Å². The Balaban J connectivity index is 1.46. The number of piperazine rings is 1. The van der Waals surface area contributed by atoms with Gasteiger partial charge in [0.2, 0.25) is 0 Å². The lowest BCUT2D eigenvalue weighted by Crippen LogP contribution is -2.49. The van der Waals surface area contributed by atoms with Gasteiger partial charge in [-0.25, -0.2) is 9.97 Å². The molecule has 1 aromatic carbocycles. The normalized spacial score (nSPS) is 19.8. The number of carbonyl (C=O) groups is 1. The van der Waals surface area contributed by atoms with E-state index < -0.39 is 0 Å². The Hall–Kier alpha value is -2.47. The standard InChI is InChI=1S/C26H32N4OS/c1-4-18(3)23-27-24(22-20-11-10-17(2)16-21(20)32-25(22)28-23)29-12-14-30(15-13-29)26(31)19-8-6-5-7-9-19/h5-9,17-18H,4,10-16H2,1-3H3/t17-,18+/m0/s1.